The van der Waals surface area contributed by atoms with Crippen molar-refractivity contribution in [3.8, 4) is 10.4 Å². The summed E-state index contributed by atoms with van der Waals surface area (Å²) in [5, 5.41) is 7.43. The maximum atomic E-state index is 13.1. The van der Waals surface area contributed by atoms with Crippen LogP contribution in [0.2, 0.25) is 0 Å². The van der Waals surface area contributed by atoms with Crippen LogP contribution in [0.3, 0.4) is 0 Å². The summed E-state index contributed by atoms with van der Waals surface area (Å²) in [7, 11) is 0. The highest BCUT2D eigenvalue weighted by Gasteiger charge is 2.14. The summed E-state index contributed by atoms with van der Waals surface area (Å²) >= 11 is 1.52. The summed E-state index contributed by atoms with van der Waals surface area (Å²) in [6.45, 7) is 3.39. The van der Waals surface area contributed by atoms with Gasteiger partial charge in [0.2, 0.25) is 0 Å². The van der Waals surface area contributed by atoms with Gasteiger partial charge in [-0.2, -0.15) is 0 Å². The molecule has 2 aromatic heterocycles. The molecule has 0 radical (unpaired) electrons. The van der Waals surface area contributed by atoms with Crippen LogP contribution >= 0.6 is 11.3 Å². The summed E-state index contributed by atoms with van der Waals surface area (Å²) in [5.41, 5.74) is 1.98. The lowest BCUT2D eigenvalue weighted by Gasteiger charge is -2.13. The van der Waals surface area contributed by atoms with Gasteiger partial charge >= 0.3 is 0 Å². The van der Waals surface area contributed by atoms with Crippen LogP contribution in [-0.2, 0) is 11.2 Å². The average molecular weight is 384 g/mol. The SMILES string of the molecule is Fc1ccc(-c2cnc(Nc3cccc(C[C@@H]4CNCCOC4)n3)s2)cc1. The second-order valence-corrected chi connectivity index (χ2v) is 7.56. The van der Waals surface area contributed by atoms with Gasteiger partial charge in [0.25, 0.3) is 0 Å². The Hall–Kier alpha value is -2.35. The Kier molecular flexibility index (Phi) is 5.72. The Labute approximate surface area is 161 Å². The Morgan fingerprint density at radius 2 is 2.11 bits per heavy atom. The number of nitrogens with one attached hydrogen (secondary N) is 2. The number of hydrogen-bond acceptors (Lipinski definition) is 6. The molecule has 0 bridgehead atoms. The van der Waals surface area contributed by atoms with E-state index in [-0.39, 0.29) is 5.82 Å². The minimum Gasteiger partial charge on any atom is -0.380 e. The molecular formula is C20H21FN4OS. The number of halogens is 1. The van der Waals surface area contributed by atoms with Crippen molar-refractivity contribution in [2.45, 2.75) is 6.42 Å². The van der Waals surface area contributed by atoms with E-state index in [2.05, 4.69) is 15.6 Å². The highest BCUT2D eigenvalue weighted by Crippen LogP contribution is 2.30. The van der Waals surface area contributed by atoms with Crippen LogP contribution < -0.4 is 10.6 Å². The molecule has 1 saturated heterocycles. The maximum Gasteiger partial charge on any atom is 0.188 e. The summed E-state index contributed by atoms with van der Waals surface area (Å²) in [6.07, 6.45) is 2.67. The van der Waals surface area contributed by atoms with E-state index < -0.39 is 0 Å². The number of aromatic nitrogens is 2. The fraction of sp³-hybridized carbons (Fsp3) is 0.300. The molecule has 140 valence electrons. The highest BCUT2D eigenvalue weighted by atomic mass is 32.1. The lowest BCUT2D eigenvalue weighted by atomic mass is 10.0. The minimum atomic E-state index is -0.239. The molecule has 1 aliphatic rings. The zero-order chi connectivity index (χ0) is 18.5. The van der Waals surface area contributed by atoms with Gasteiger partial charge in [0, 0.05) is 30.9 Å². The van der Waals surface area contributed by atoms with Crippen molar-refractivity contribution in [2.75, 3.05) is 31.6 Å². The normalized spacial score (nSPS) is 17.4. The van der Waals surface area contributed by atoms with Crippen molar-refractivity contribution < 1.29 is 9.13 Å². The lowest BCUT2D eigenvalue weighted by Crippen LogP contribution is -2.24. The smallest absolute Gasteiger partial charge is 0.188 e. The van der Waals surface area contributed by atoms with E-state index in [1.165, 1.54) is 23.5 Å². The molecule has 1 fully saturated rings. The van der Waals surface area contributed by atoms with Gasteiger partial charge in [-0.05, 0) is 36.2 Å². The molecule has 0 amide bonds. The number of thiazole rings is 1. The third-order valence-corrected chi connectivity index (χ3v) is 5.35. The van der Waals surface area contributed by atoms with E-state index in [0.29, 0.717) is 5.92 Å². The van der Waals surface area contributed by atoms with E-state index in [1.54, 1.807) is 18.3 Å². The number of pyridine rings is 1. The topological polar surface area (TPSA) is 59.1 Å². The van der Waals surface area contributed by atoms with Crippen LogP contribution in [0.4, 0.5) is 15.3 Å². The third kappa shape index (κ3) is 4.88. The molecule has 2 N–H and O–H groups in total. The quantitative estimate of drug-likeness (QED) is 0.699. The van der Waals surface area contributed by atoms with Crippen LogP contribution in [0.5, 0.6) is 0 Å². The van der Waals surface area contributed by atoms with Gasteiger partial charge in [0.05, 0.1) is 18.1 Å². The highest BCUT2D eigenvalue weighted by molar-refractivity contribution is 7.18. The van der Waals surface area contributed by atoms with E-state index >= 15 is 0 Å². The molecule has 5 nitrogen and oxygen atoms in total. The van der Waals surface area contributed by atoms with Crippen molar-refractivity contribution in [3.05, 3.63) is 60.2 Å². The zero-order valence-electron chi connectivity index (χ0n) is 14.8. The molecule has 0 saturated carbocycles. The molecule has 3 heterocycles. The molecule has 1 atom stereocenters. The Morgan fingerprint density at radius 3 is 3.00 bits per heavy atom. The Balaban J connectivity index is 1.43. The first-order chi connectivity index (χ1) is 13.3. The molecule has 7 heteroatoms. The first-order valence-electron chi connectivity index (χ1n) is 8.99. The molecule has 0 aliphatic carbocycles. The van der Waals surface area contributed by atoms with Crippen molar-refractivity contribution >= 4 is 22.3 Å². The van der Waals surface area contributed by atoms with Crippen LogP contribution in [0.1, 0.15) is 5.69 Å². The lowest BCUT2D eigenvalue weighted by molar-refractivity contribution is 0.123. The van der Waals surface area contributed by atoms with Crippen molar-refractivity contribution in [1.82, 2.24) is 15.3 Å². The average Bonchev–Trinajstić information content (AvgIpc) is 2.98. The van der Waals surface area contributed by atoms with Crippen LogP contribution in [0.15, 0.2) is 48.7 Å². The van der Waals surface area contributed by atoms with Crippen molar-refractivity contribution in [1.29, 1.82) is 0 Å². The van der Waals surface area contributed by atoms with Crippen LogP contribution in [-0.4, -0.2) is 36.3 Å². The number of anilines is 2. The Morgan fingerprint density at radius 1 is 1.22 bits per heavy atom. The summed E-state index contributed by atoms with van der Waals surface area (Å²) in [4.78, 5) is 10.1. The second kappa shape index (κ2) is 8.56. The predicted octanol–water partition coefficient (Wildman–Crippen LogP) is 3.87. The fourth-order valence-electron chi connectivity index (χ4n) is 3.04. The maximum absolute atomic E-state index is 13.1. The third-order valence-electron chi connectivity index (χ3n) is 4.38. The number of hydrogen-bond donors (Lipinski definition) is 2. The number of benzene rings is 1. The largest absolute Gasteiger partial charge is 0.380 e. The van der Waals surface area contributed by atoms with Gasteiger partial charge in [0.1, 0.15) is 11.6 Å². The standard InChI is InChI=1S/C20H21FN4OS/c21-16-6-4-15(5-7-16)18-12-23-20(27-18)25-19-3-1-2-17(24-19)10-14-11-22-8-9-26-13-14/h1-7,12,14,22H,8-11,13H2,(H,23,24,25)/t14-/m1/s1. The van der Waals surface area contributed by atoms with Gasteiger partial charge in [-0.25, -0.2) is 14.4 Å². The van der Waals surface area contributed by atoms with Crippen LogP contribution in [0.25, 0.3) is 10.4 Å². The van der Waals surface area contributed by atoms with E-state index in [1.807, 2.05) is 18.2 Å². The van der Waals surface area contributed by atoms with E-state index in [4.69, 9.17) is 9.72 Å². The molecule has 27 heavy (non-hydrogen) atoms. The fourth-order valence-corrected chi connectivity index (χ4v) is 3.87. The Bertz CT molecular complexity index is 876. The second-order valence-electron chi connectivity index (χ2n) is 6.52. The molecule has 4 rings (SSSR count). The predicted molar refractivity (Wildman–Crippen MR) is 106 cm³/mol. The number of nitrogens with zero attached hydrogens (tertiary/aromatic N) is 2. The molecule has 3 aromatic rings. The number of ether oxygens (including phenoxy) is 1. The van der Waals surface area contributed by atoms with Crippen LogP contribution in [0, 0.1) is 11.7 Å². The monoisotopic (exact) mass is 384 g/mol. The number of rotatable bonds is 5. The molecule has 1 aromatic carbocycles. The van der Waals surface area contributed by atoms with Crippen molar-refractivity contribution in [3.63, 3.8) is 0 Å². The molecule has 0 spiro atoms. The van der Waals surface area contributed by atoms with E-state index in [9.17, 15) is 4.39 Å². The van der Waals surface area contributed by atoms with Gasteiger partial charge in [-0.15, -0.1) is 0 Å². The summed E-state index contributed by atoms with van der Waals surface area (Å²) in [6, 6.07) is 12.4. The molecular weight excluding hydrogens is 363 g/mol. The van der Waals surface area contributed by atoms with Gasteiger partial charge in [0.15, 0.2) is 5.13 Å². The molecule has 0 unspecified atom stereocenters. The van der Waals surface area contributed by atoms with Gasteiger partial charge < -0.3 is 15.4 Å². The molecule has 1 aliphatic heterocycles. The van der Waals surface area contributed by atoms with Gasteiger partial charge in [-0.3, -0.25) is 0 Å². The minimum absolute atomic E-state index is 0.239. The first kappa shape index (κ1) is 18.0. The van der Waals surface area contributed by atoms with E-state index in [0.717, 1.165) is 59.8 Å². The van der Waals surface area contributed by atoms with Crippen molar-refractivity contribution in [2.24, 2.45) is 5.92 Å². The summed E-state index contributed by atoms with van der Waals surface area (Å²) < 4.78 is 18.7. The summed E-state index contributed by atoms with van der Waals surface area (Å²) in [5.74, 6) is 0.965. The zero-order valence-corrected chi connectivity index (χ0v) is 15.6. The van der Waals surface area contributed by atoms with Gasteiger partial charge in [-0.1, -0.05) is 29.5 Å². The first-order valence-corrected chi connectivity index (χ1v) is 9.81.